The number of nitrogens with zero attached hydrogens (tertiary/aromatic N) is 3. The number of amides is 1. The molecule has 7 heteroatoms. The van der Waals surface area contributed by atoms with Crippen molar-refractivity contribution < 1.29 is 9.18 Å². The zero-order chi connectivity index (χ0) is 14.8. The van der Waals surface area contributed by atoms with Crippen LogP contribution in [0.1, 0.15) is 23.1 Å². The minimum atomic E-state index is -0.458. The highest BCUT2D eigenvalue weighted by atomic mass is 32.1. The van der Waals surface area contributed by atoms with Gasteiger partial charge in [-0.1, -0.05) is 0 Å². The van der Waals surface area contributed by atoms with E-state index < -0.39 is 6.67 Å². The first-order chi connectivity index (χ1) is 10.2. The van der Waals surface area contributed by atoms with E-state index >= 15 is 0 Å². The smallest absolute Gasteiger partial charge is 0.227 e. The van der Waals surface area contributed by atoms with Crippen LogP contribution in [-0.4, -0.2) is 45.8 Å². The van der Waals surface area contributed by atoms with Gasteiger partial charge in [0.15, 0.2) is 5.82 Å². The number of alkyl halides is 1. The Labute approximate surface area is 126 Å². The molecule has 1 amide bonds. The van der Waals surface area contributed by atoms with E-state index in [1.807, 2.05) is 23.8 Å². The van der Waals surface area contributed by atoms with Crippen LogP contribution in [0.5, 0.6) is 0 Å². The Bertz CT molecular complexity index is 612. The molecule has 2 aromatic heterocycles. The van der Waals surface area contributed by atoms with Gasteiger partial charge in [0, 0.05) is 24.9 Å². The summed E-state index contributed by atoms with van der Waals surface area (Å²) in [6, 6.07) is 1.95. The highest BCUT2D eigenvalue weighted by molar-refractivity contribution is 7.07. The van der Waals surface area contributed by atoms with Crippen LogP contribution >= 0.6 is 11.3 Å². The molecule has 1 fully saturated rings. The summed E-state index contributed by atoms with van der Waals surface area (Å²) in [5, 5.41) is 10.8. The van der Waals surface area contributed by atoms with Crippen molar-refractivity contribution in [1.29, 1.82) is 0 Å². The van der Waals surface area contributed by atoms with Crippen molar-refractivity contribution in [3.05, 3.63) is 34.0 Å². The summed E-state index contributed by atoms with van der Waals surface area (Å²) >= 11 is 1.57. The van der Waals surface area contributed by atoms with Crippen LogP contribution in [0.4, 0.5) is 4.39 Å². The molecule has 0 radical (unpaired) electrons. The van der Waals surface area contributed by atoms with Gasteiger partial charge in [-0.25, -0.2) is 4.98 Å². The summed E-state index contributed by atoms with van der Waals surface area (Å²) in [5.74, 6) is 1.03. The van der Waals surface area contributed by atoms with E-state index in [0.717, 1.165) is 5.56 Å². The van der Waals surface area contributed by atoms with Crippen molar-refractivity contribution in [2.75, 3.05) is 19.8 Å². The summed E-state index contributed by atoms with van der Waals surface area (Å²) < 4.78 is 13.3. The number of carbonyl (C=O) groups is 1. The molecule has 0 aromatic carbocycles. The molecule has 3 rings (SSSR count). The molecule has 2 atom stereocenters. The average Bonchev–Trinajstić information content (AvgIpc) is 3.17. The lowest BCUT2D eigenvalue weighted by molar-refractivity contribution is -0.129. The molecule has 2 aromatic rings. The second kappa shape index (κ2) is 5.93. The zero-order valence-corrected chi connectivity index (χ0v) is 12.6. The van der Waals surface area contributed by atoms with Gasteiger partial charge in [0.05, 0.1) is 13.1 Å². The number of hydrogen-bond acceptors (Lipinski definition) is 4. The van der Waals surface area contributed by atoms with Crippen LogP contribution < -0.4 is 0 Å². The number of aromatic nitrogens is 3. The van der Waals surface area contributed by atoms with Crippen molar-refractivity contribution in [3.63, 3.8) is 0 Å². The van der Waals surface area contributed by atoms with Gasteiger partial charge in [-0.15, -0.1) is 0 Å². The van der Waals surface area contributed by atoms with E-state index in [2.05, 4.69) is 15.2 Å². The normalized spacial score (nSPS) is 21.9. The molecular formula is C14H17FN4OS. The molecule has 5 nitrogen and oxygen atoms in total. The lowest BCUT2D eigenvalue weighted by atomic mass is 9.97. The molecule has 1 aliphatic rings. The fourth-order valence-corrected chi connectivity index (χ4v) is 3.40. The predicted octanol–water partition coefficient (Wildman–Crippen LogP) is 1.93. The van der Waals surface area contributed by atoms with Crippen LogP contribution in [0.25, 0.3) is 0 Å². The Morgan fingerprint density at radius 2 is 2.43 bits per heavy atom. The first kappa shape index (κ1) is 14.2. The highest BCUT2D eigenvalue weighted by Gasteiger charge is 2.38. The van der Waals surface area contributed by atoms with Gasteiger partial charge in [-0.05, 0) is 29.3 Å². The third-order valence-corrected chi connectivity index (χ3v) is 4.61. The van der Waals surface area contributed by atoms with Crippen LogP contribution in [0.2, 0.25) is 0 Å². The topological polar surface area (TPSA) is 61.9 Å². The number of hydrogen-bond donors (Lipinski definition) is 1. The lowest BCUT2D eigenvalue weighted by Gasteiger charge is -2.15. The second-order valence-corrected chi connectivity index (χ2v) is 6.19. The van der Waals surface area contributed by atoms with E-state index in [4.69, 9.17) is 0 Å². The summed E-state index contributed by atoms with van der Waals surface area (Å²) in [4.78, 5) is 18.3. The number of aromatic amines is 1. The third kappa shape index (κ3) is 2.97. The SMILES string of the molecule is Cc1nc([C@@H]2CN(C(=O)Cc3ccsc3)C[C@H]2CF)n[nH]1. The van der Waals surface area contributed by atoms with Gasteiger partial charge in [-0.3, -0.25) is 14.3 Å². The zero-order valence-electron chi connectivity index (χ0n) is 11.8. The number of rotatable bonds is 4. The molecule has 0 bridgehead atoms. The first-order valence-corrected chi connectivity index (χ1v) is 7.85. The fourth-order valence-electron chi connectivity index (χ4n) is 2.73. The Morgan fingerprint density at radius 1 is 1.57 bits per heavy atom. The molecular weight excluding hydrogens is 291 g/mol. The summed E-state index contributed by atoms with van der Waals surface area (Å²) in [6.45, 7) is 2.29. The van der Waals surface area contributed by atoms with Crippen molar-refractivity contribution in [3.8, 4) is 0 Å². The van der Waals surface area contributed by atoms with Crippen molar-refractivity contribution in [2.24, 2.45) is 5.92 Å². The minimum absolute atomic E-state index is 0.0432. The summed E-state index contributed by atoms with van der Waals surface area (Å²) in [5.41, 5.74) is 1.01. The average molecular weight is 308 g/mol. The van der Waals surface area contributed by atoms with E-state index in [1.165, 1.54) is 0 Å². The molecule has 0 spiro atoms. The van der Waals surface area contributed by atoms with E-state index in [1.54, 1.807) is 16.2 Å². The third-order valence-electron chi connectivity index (χ3n) is 3.87. The van der Waals surface area contributed by atoms with Gasteiger partial charge >= 0.3 is 0 Å². The maximum Gasteiger partial charge on any atom is 0.227 e. The van der Waals surface area contributed by atoms with E-state index in [9.17, 15) is 9.18 Å². The largest absolute Gasteiger partial charge is 0.341 e. The number of carbonyl (C=O) groups excluding carboxylic acids is 1. The maximum atomic E-state index is 13.3. The molecule has 1 N–H and O–H groups in total. The second-order valence-electron chi connectivity index (χ2n) is 5.41. The highest BCUT2D eigenvalue weighted by Crippen LogP contribution is 2.31. The molecule has 3 heterocycles. The standard InChI is InChI=1S/C14H17FN4OS/c1-9-16-14(18-17-9)12-7-19(6-11(12)5-15)13(20)4-10-2-3-21-8-10/h2-3,8,11-12H,4-7H2,1H3,(H,16,17,18)/t11-,12-/m1/s1. The van der Waals surface area contributed by atoms with E-state index in [-0.39, 0.29) is 17.7 Å². The van der Waals surface area contributed by atoms with Crippen molar-refractivity contribution >= 4 is 17.2 Å². The quantitative estimate of drug-likeness (QED) is 0.939. The molecule has 1 saturated heterocycles. The Kier molecular flexibility index (Phi) is 4.01. The molecule has 1 aliphatic heterocycles. The molecule has 0 aliphatic carbocycles. The number of likely N-dealkylation sites (tertiary alicyclic amines) is 1. The molecule has 0 unspecified atom stereocenters. The Balaban J connectivity index is 1.70. The number of halogens is 1. The van der Waals surface area contributed by atoms with Gasteiger partial charge < -0.3 is 4.90 Å². The number of nitrogens with one attached hydrogen (secondary N) is 1. The van der Waals surface area contributed by atoms with Crippen LogP contribution in [0.3, 0.4) is 0 Å². The molecule has 112 valence electrons. The first-order valence-electron chi connectivity index (χ1n) is 6.91. The van der Waals surface area contributed by atoms with Crippen molar-refractivity contribution in [1.82, 2.24) is 20.1 Å². The fraction of sp³-hybridized carbons (Fsp3) is 0.500. The van der Waals surface area contributed by atoms with Crippen LogP contribution in [-0.2, 0) is 11.2 Å². The van der Waals surface area contributed by atoms with Crippen molar-refractivity contribution in [2.45, 2.75) is 19.3 Å². The number of thiophene rings is 1. The van der Waals surface area contributed by atoms with Crippen LogP contribution in [0.15, 0.2) is 16.8 Å². The number of H-pyrrole nitrogens is 1. The molecule has 0 saturated carbocycles. The summed E-state index contributed by atoms with van der Waals surface area (Å²) in [6.07, 6.45) is 0.377. The van der Waals surface area contributed by atoms with Crippen LogP contribution in [0, 0.1) is 12.8 Å². The lowest BCUT2D eigenvalue weighted by Crippen LogP contribution is -2.30. The predicted molar refractivity (Wildman–Crippen MR) is 77.9 cm³/mol. The monoisotopic (exact) mass is 308 g/mol. The van der Waals surface area contributed by atoms with E-state index in [0.29, 0.717) is 31.2 Å². The maximum absolute atomic E-state index is 13.3. The van der Waals surface area contributed by atoms with Gasteiger partial charge in [-0.2, -0.15) is 16.4 Å². The van der Waals surface area contributed by atoms with Gasteiger partial charge in [0.25, 0.3) is 0 Å². The Morgan fingerprint density at radius 3 is 3.05 bits per heavy atom. The molecule has 21 heavy (non-hydrogen) atoms. The summed E-state index contributed by atoms with van der Waals surface area (Å²) in [7, 11) is 0. The Hall–Kier alpha value is -1.76. The number of aryl methyl sites for hydroxylation is 1. The van der Waals surface area contributed by atoms with Gasteiger partial charge in [0.1, 0.15) is 5.82 Å². The van der Waals surface area contributed by atoms with Gasteiger partial charge in [0.2, 0.25) is 5.91 Å². The minimum Gasteiger partial charge on any atom is -0.341 e.